The minimum absolute atomic E-state index is 0.136. The number of hydrogen-bond donors (Lipinski definition) is 1. The maximum Gasteiger partial charge on any atom is 0.416 e. The van der Waals surface area contributed by atoms with Crippen LogP contribution in [0.4, 0.5) is 13.2 Å². The summed E-state index contributed by atoms with van der Waals surface area (Å²) in [6, 6.07) is 14.6. The van der Waals surface area contributed by atoms with Crippen LogP contribution < -0.4 is 0 Å². The van der Waals surface area contributed by atoms with Crippen molar-refractivity contribution in [2.75, 3.05) is 0 Å². The van der Waals surface area contributed by atoms with Gasteiger partial charge in [-0.05, 0) is 36.6 Å². The number of aliphatic hydroxyl groups is 1. The molecule has 0 bridgehead atoms. The van der Waals surface area contributed by atoms with E-state index in [1.165, 1.54) is 12.1 Å². The van der Waals surface area contributed by atoms with E-state index in [0.717, 1.165) is 23.3 Å². The molecule has 112 valence electrons. The van der Waals surface area contributed by atoms with Crippen molar-refractivity contribution in [3.63, 3.8) is 0 Å². The lowest BCUT2D eigenvalue weighted by molar-refractivity contribution is -0.137. The zero-order valence-corrected chi connectivity index (χ0v) is 11.6. The highest BCUT2D eigenvalue weighted by molar-refractivity contribution is 5.28. The number of rotatable bonds is 4. The summed E-state index contributed by atoms with van der Waals surface area (Å²) in [5, 5.41) is 9.93. The lowest BCUT2D eigenvalue weighted by atomic mass is 9.88. The SMILES string of the molecule is C[C@H](O)[C@H](Cc1ccc(C(F)(F)F)cc1)c1ccccc1. The van der Waals surface area contributed by atoms with E-state index >= 15 is 0 Å². The van der Waals surface area contributed by atoms with E-state index in [4.69, 9.17) is 0 Å². The second kappa shape index (κ2) is 6.31. The summed E-state index contributed by atoms with van der Waals surface area (Å²) in [5.74, 6) is -0.136. The monoisotopic (exact) mass is 294 g/mol. The van der Waals surface area contributed by atoms with Crippen LogP contribution in [0.5, 0.6) is 0 Å². The van der Waals surface area contributed by atoms with Gasteiger partial charge < -0.3 is 5.11 Å². The lowest BCUT2D eigenvalue weighted by Crippen LogP contribution is -2.17. The molecule has 0 aliphatic heterocycles. The maximum absolute atomic E-state index is 12.5. The summed E-state index contributed by atoms with van der Waals surface area (Å²) in [4.78, 5) is 0. The topological polar surface area (TPSA) is 20.2 Å². The van der Waals surface area contributed by atoms with Crippen molar-refractivity contribution in [3.8, 4) is 0 Å². The quantitative estimate of drug-likeness (QED) is 0.885. The molecule has 1 nitrogen and oxygen atoms in total. The largest absolute Gasteiger partial charge is 0.416 e. The van der Waals surface area contributed by atoms with Gasteiger partial charge in [-0.1, -0.05) is 42.5 Å². The zero-order valence-electron chi connectivity index (χ0n) is 11.6. The Hall–Kier alpha value is -1.81. The fourth-order valence-corrected chi connectivity index (χ4v) is 2.35. The van der Waals surface area contributed by atoms with Crippen molar-refractivity contribution in [1.82, 2.24) is 0 Å². The highest BCUT2D eigenvalue weighted by Gasteiger charge is 2.30. The van der Waals surface area contributed by atoms with Crippen molar-refractivity contribution < 1.29 is 18.3 Å². The van der Waals surface area contributed by atoms with E-state index in [9.17, 15) is 18.3 Å². The molecule has 0 heterocycles. The van der Waals surface area contributed by atoms with E-state index < -0.39 is 17.8 Å². The molecule has 0 saturated carbocycles. The van der Waals surface area contributed by atoms with Gasteiger partial charge in [-0.25, -0.2) is 0 Å². The van der Waals surface area contributed by atoms with Gasteiger partial charge in [-0.3, -0.25) is 0 Å². The molecular weight excluding hydrogens is 277 g/mol. The number of halogens is 3. The first kappa shape index (κ1) is 15.6. The van der Waals surface area contributed by atoms with Crippen molar-refractivity contribution >= 4 is 0 Å². The second-order valence-electron chi connectivity index (χ2n) is 5.16. The predicted octanol–water partition coefficient (Wildman–Crippen LogP) is 4.41. The van der Waals surface area contributed by atoms with Crippen molar-refractivity contribution in [3.05, 3.63) is 71.3 Å². The van der Waals surface area contributed by atoms with Crippen LogP contribution in [0, 0.1) is 0 Å². The summed E-state index contributed by atoms with van der Waals surface area (Å²) >= 11 is 0. The first-order valence-corrected chi connectivity index (χ1v) is 6.77. The fraction of sp³-hybridized carbons (Fsp3) is 0.294. The van der Waals surface area contributed by atoms with E-state index in [-0.39, 0.29) is 5.92 Å². The average Bonchev–Trinajstić information content (AvgIpc) is 2.45. The van der Waals surface area contributed by atoms with Crippen LogP contribution in [0.25, 0.3) is 0 Å². The van der Waals surface area contributed by atoms with Crippen molar-refractivity contribution in [2.24, 2.45) is 0 Å². The Morgan fingerprint density at radius 3 is 2.00 bits per heavy atom. The van der Waals surface area contributed by atoms with Crippen molar-refractivity contribution in [1.29, 1.82) is 0 Å². The average molecular weight is 294 g/mol. The molecule has 0 spiro atoms. The summed E-state index contributed by atoms with van der Waals surface area (Å²) < 4.78 is 37.6. The molecule has 0 unspecified atom stereocenters. The van der Waals surface area contributed by atoms with Crippen molar-refractivity contribution in [2.45, 2.75) is 31.5 Å². The minimum atomic E-state index is -4.32. The summed E-state index contributed by atoms with van der Waals surface area (Å²) in [5.41, 5.74) is 1.10. The highest BCUT2D eigenvalue weighted by Crippen LogP contribution is 2.30. The predicted molar refractivity (Wildman–Crippen MR) is 76.0 cm³/mol. The molecule has 0 saturated heterocycles. The van der Waals surface area contributed by atoms with E-state index in [0.29, 0.717) is 6.42 Å². The molecule has 0 aliphatic carbocycles. The first-order chi connectivity index (χ1) is 9.88. The number of alkyl halides is 3. The number of aliphatic hydroxyl groups excluding tert-OH is 1. The number of benzene rings is 2. The highest BCUT2D eigenvalue weighted by atomic mass is 19.4. The molecular formula is C17H17F3O. The van der Waals surface area contributed by atoms with Crippen LogP contribution in [0.2, 0.25) is 0 Å². The lowest BCUT2D eigenvalue weighted by Gasteiger charge is -2.20. The zero-order chi connectivity index (χ0) is 15.5. The van der Waals surface area contributed by atoms with Crippen LogP contribution >= 0.6 is 0 Å². The van der Waals surface area contributed by atoms with E-state index in [1.807, 2.05) is 30.3 Å². The van der Waals surface area contributed by atoms with Crippen LogP contribution in [0.1, 0.15) is 29.5 Å². The molecule has 4 heteroatoms. The van der Waals surface area contributed by atoms with Gasteiger partial charge in [0, 0.05) is 5.92 Å². The maximum atomic E-state index is 12.5. The van der Waals surface area contributed by atoms with Gasteiger partial charge in [-0.15, -0.1) is 0 Å². The van der Waals surface area contributed by atoms with Gasteiger partial charge in [0.2, 0.25) is 0 Å². The Morgan fingerprint density at radius 1 is 0.952 bits per heavy atom. The third-order valence-electron chi connectivity index (χ3n) is 3.55. The van der Waals surface area contributed by atoms with Gasteiger partial charge in [0.25, 0.3) is 0 Å². The summed E-state index contributed by atoms with van der Waals surface area (Å²) in [6.45, 7) is 1.70. The first-order valence-electron chi connectivity index (χ1n) is 6.77. The fourth-order valence-electron chi connectivity index (χ4n) is 2.35. The molecule has 1 N–H and O–H groups in total. The van der Waals surface area contributed by atoms with Crippen LogP contribution in [-0.2, 0) is 12.6 Å². The Kier molecular flexibility index (Phi) is 4.68. The van der Waals surface area contributed by atoms with Gasteiger partial charge in [-0.2, -0.15) is 13.2 Å². The molecule has 2 rings (SSSR count). The van der Waals surface area contributed by atoms with Crippen LogP contribution in [0.3, 0.4) is 0 Å². The van der Waals surface area contributed by atoms with Gasteiger partial charge in [0.1, 0.15) is 0 Å². The standard InChI is InChI=1S/C17H17F3O/c1-12(21)16(14-5-3-2-4-6-14)11-13-7-9-15(10-8-13)17(18,19)20/h2-10,12,16,21H,11H2,1H3/t12-,16-/m0/s1. The Morgan fingerprint density at radius 2 is 1.52 bits per heavy atom. The molecule has 0 amide bonds. The molecule has 2 aromatic rings. The number of hydrogen-bond acceptors (Lipinski definition) is 1. The summed E-state index contributed by atoms with van der Waals surface area (Å²) in [7, 11) is 0. The van der Waals surface area contributed by atoms with E-state index in [2.05, 4.69) is 0 Å². The molecule has 21 heavy (non-hydrogen) atoms. The van der Waals surface area contributed by atoms with Gasteiger partial charge in [0.05, 0.1) is 11.7 Å². The van der Waals surface area contributed by atoms with Gasteiger partial charge >= 0.3 is 6.18 Å². The molecule has 0 aliphatic rings. The normalized spacial score (nSPS) is 14.7. The third-order valence-corrected chi connectivity index (χ3v) is 3.55. The molecule has 2 aromatic carbocycles. The van der Waals surface area contributed by atoms with Crippen LogP contribution in [0.15, 0.2) is 54.6 Å². The minimum Gasteiger partial charge on any atom is -0.393 e. The Labute approximate surface area is 122 Å². The molecule has 0 radical (unpaired) electrons. The van der Waals surface area contributed by atoms with Crippen LogP contribution in [-0.4, -0.2) is 11.2 Å². The summed E-state index contributed by atoms with van der Waals surface area (Å²) in [6.07, 6.45) is -4.39. The molecule has 0 aromatic heterocycles. The smallest absolute Gasteiger partial charge is 0.393 e. The molecule has 0 fully saturated rings. The second-order valence-corrected chi connectivity index (χ2v) is 5.16. The molecule has 2 atom stereocenters. The third kappa shape index (κ3) is 4.08. The Bertz CT molecular complexity index is 559. The van der Waals surface area contributed by atoms with E-state index in [1.54, 1.807) is 6.92 Å². The van der Waals surface area contributed by atoms with Gasteiger partial charge in [0.15, 0.2) is 0 Å². The Balaban J connectivity index is 2.18.